The van der Waals surface area contributed by atoms with Crippen molar-refractivity contribution in [1.82, 2.24) is 29.3 Å². The van der Waals surface area contributed by atoms with Crippen LogP contribution < -0.4 is 4.90 Å². The van der Waals surface area contributed by atoms with Crippen molar-refractivity contribution in [3.8, 4) is 0 Å². The van der Waals surface area contributed by atoms with Gasteiger partial charge in [-0.2, -0.15) is 10.2 Å². The van der Waals surface area contributed by atoms with Crippen LogP contribution in [0.5, 0.6) is 0 Å². The zero-order valence-electron chi connectivity index (χ0n) is 16.0. The summed E-state index contributed by atoms with van der Waals surface area (Å²) in [6.45, 7) is 4.62. The van der Waals surface area contributed by atoms with E-state index in [0.717, 1.165) is 49.6 Å². The fraction of sp³-hybridized carbons (Fsp3) is 0.474. The van der Waals surface area contributed by atoms with Crippen molar-refractivity contribution in [1.29, 1.82) is 0 Å². The second kappa shape index (κ2) is 7.02. The van der Waals surface area contributed by atoms with Gasteiger partial charge in [0, 0.05) is 51.7 Å². The fourth-order valence-corrected chi connectivity index (χ4v) is 3.65. The van der Waals surface area contributed by atoms with Crippen molar-refractivity contribution in [2.75, 3.05) is 31.6 Å². The summed E-state index contributed by atoms with van der Waals surface area (Å²) in [7, 11) is 3.73. The van der Waals surface area contributed by atoms with E-state index in [9.17, 15) is 4.79 Å². The van der Waals surface area contributed by atoms with E-state index in [0.29, 0.717) is 11.6 Å². The molecule has 4 heterocycles. The molecule has 1 saturated heterocycles. The number of carbonyl (C=O) groups is 1. The normalized spacial score (nSPS) is 15.4. The molecule has 0 saturated carbocycles. The SMILES string of the molecule is Cc1cc(C(=O)N(C)CC2CCN(c3ccn4nccc4n3)CC2)nn1C. The minimum atomic E-state index is -0.00557. The lowest BCUT2D eigenvalue weighted by Gasteiger charge is -2.34. The standard InChI is InChI=1S/C19H25N7O/c1-14-12-16(22-24(14)3)19(27)23(2)13-15-5-9-25(10-6-15)17-7-11-26-18(21-17)4-8-20-26/h4,7-8,11-12,15H,5-6,9-10,13H2,1-3H3. The number of amides is 1. The third kappa shape index (κ3) is 3.51. The van der Waals surface area contributed by atoms with Crippen molar-refractivity contribution in [3.63, 3.8) is 0 Å². The lowest BCUT2D eigenvalue weighted by molar-refractivity contribution is 0.0758. The first kappa shape index (κ1) is 17.5. The molecule has 0 N–H and O–H groups in total. The van der Waals surface area contributed by atoms with Crippen LogP contribution in [0.3, 0.4) is 0 Å². The Labute approximate surface area is 158 Å². The van der Waals surface area contributed by atoms with Crippen LogP contribution in [0.15, 0.2) is 30.6 Å². The molecule has 1 aliphatic heterocycles. The monoisotopic (exact) mass is 367 g/mol. The number of rotatable bonds is 4. The van der Waals surface area contributed by atoms with E-state index in [4.69, 9.17) is 0 Å². The third-order valence-electron chi connectivity index (χ3n) is 5.39. The van der Waals surface area contributed by atoms with Gasteiger partial charge in [0.2, 0.25) is 0 Å². The molecule has 1 amide bonds. The van der Waals surface area contributed by atoms with Gasteiger partial charge in [0.15, 0.2) is 11.3 Å². The number of aromatic nitrogens is 5. The molecule has 0 aliphatic carbocycles. The van der Waals surface area contributed by atoms with E-state index >= 15 is 0 Å². The van der Waals surface area contributed by atoms with E-state index in [1.807, 2.05) is 45.4 Å². The Morgan fingerprint density at radius 2 is 2.07 bits per heavy atom. The minimum Gasteiger partial charge on any atom is -0.356 e. The average molecular weight is 367 g/mol. The van der Waals surface area contributed by atoms with Crippen molar-refractivity contribution in [2.45, 2.75) is 19.8 Å². The molecule has 1 fully saturated rings. The summed E-state index contributed by atoms with van der Waals surface area (Å²) in [5.74, 6) is 1.49. The molecule has 1 aliphatic rings. The quantitative estimate of drug-likeness (QED) is 0.703. The highest BCUT2D eigenvalue weighted by atomic mass is 16.2. The first-order valence-electron chi connectivity index (χ1n) is 9.32. The number of hydrogen-bond donors (Lipinski definition) is 0. The summed E-state index contributed by atoms with van der Waals surface area (Å²) in [6, 6.07) is 5.77. The van der Waals surface area contributed by atoms with Crippen LogP contribution in [0, 0.1) is 12.8 Å². The van der Waals surface area contributed by atoms with Crippen molar-refractivity contribution in [3.05, 3.63) is 42.0 Å². The first-order chi connectivity index (χ1) is 13.0. The largest absolute Gasteiger partial charge is 0.356 e. The molecule has 3 aromatic rings. The van der Waals surface area contributed by atoms with Gasteiger partial charge in [-0.05, 0) is 37.8 Å². The topological polar surface area (TPSA) is 71.6 Å². The number of fused-ring (bicyclic) bond motifs is 1. The van der Waals surface area contributed by atoms with Gasteiger partial charge >= 0.3 is 0 Å². The number of aryl methyl sites for hydroxylation is 2. The van der Waals surface area contributed by atoms with Gasteiger partial charge in [-0.25, -0.2) is 9.50 Å². The Balaban J connectivity index is 1.34. The van der Waals surface area contributed by atoms with Crippen molar-refractivity contribution < 1.29 is 4.79 Å². The molecule has 8 heteroatoms. The number of nitrogens with zero attached hydrogens (tertiary/aromatic N) is 7. The fourth-order valence-electron chi connectivity index (χ4n) is 3.65. The summed E-state index contributed by atoms with van der Waals surface area (Å²) in [4.78, 5) is 21.4. The molecule has 3 aromatic heterocycles. The highest BCUT2D eigenvalue weighted by Gasteiger charge is 2.24. The van der Waals surface area contributed by atoms with Gasteiger partial charge in [0.25, 0.3) is 5.91 Å². The van der Waals surface area contributed by atoms with Crippen LogP contribution in [0.2, 0.25) is 0 Å². The molecule has 0 aromatic carbocycles. The van der Waals surface area contributed by atoms with Gasteiger partial charge < -0.3 is 9.80 Å². The number of hydrogen-bond acceptors (Lipinski definition) is 5. The maximum absolute atomic E-state index is 12.6. The molecule has 0 unspecified atom stereocenters. The minimum absolute atomic E-state index is 0.00557. The Morgan fingerprint density at radius 1 is 1.30 bits per heavy atom. The van der Waals surface area contributed by atoms with Gasteiger partial charge in [-0.15, -0.1) is 0 Å². The zero-order valence-corrected chi connectivity index (χ0v) is 16.0. The predicted molar refractivity (Wildman–Crippen MR) is 103 cm³/mol. The van der Waals surface area contributed by atoms with Gasteiger partial charge in [0.1, 0.15) is 5.82 Å². The second-order valence-electron chi connectivity index (χ2n) is 7.33. The smallest absolute Gasteiger partial charge is 0.274 e. The zero-order chi connectivity index (χ0) is 19.0. The van der Waals surface area contributed by atoms with Crippen LogP contribution >= 0.6 is 0 Å². The lowest BCUT2D eigenvalue weighted by atomic mass is 9.96. The van der Waals surface area contributed by atoms with Crippen LogP contribution in [0.25, 0.3) is 5.65 Å². The van der Waals surface area contributed by atoms with E-state index in [1.54, 1.807) is 20.3 Å². The number of carbonyl (C=O) groups excluding carboxylic acids is 1. The predicted octanol–water partition coefficient (Wildman–Crippen LogP) is 1.76. The first-order valence-corrected chi connectivity index (χ1v) is 9.32. The third-order valence-corrected chi connectivity index (χ3v) is 5.39. The second-order valence-corrected chi connectivity index (χ2v) is 7.33. The summed E-state index contributed by atoms with van der Waals surface area (Å²) in [5.41, 5.74) is 2.38. The van der Waals surface area contributed by atoms with Crippen molar-refractivity contribution in [2.24, 2.45) is 13.0 Å². The average Bonchev–Trinajstić information content (AvgIpc) is 3.27. The molecular weight excluding hydrogens is 342 g/mol. The highest BCUT2D eigenvalue weighted by molar-refractivity contribution is 5.92. The Kier molecular flexibility index (Phi) is 4.55. The molecular formula is C19H25N7O. The van der Waals surface area contributed by atoms with Gasteiger partial charge in [0.05, 0.1) is 6.20 Å². The maximum atomic E-state index is 12.6. The molecule has 0 atom stereocenters. The van der Waals surface area contributed by atoms with Crippen LogP contribution in [-0.2, 0) is 7.05 Å². The molecule has 27 heavy (non-hydrogen) atoms. The Morgan fingerprint density at radius 3 is 2.78 bits per heavy atom. The molecule has 8 nitrogen and oxygen atoms in total. The van der Waals surface area contributed by atoms with Gasteiger partial charge in [-0.1, -0.05) is 0 Å². The Bertz CT molecular complexity index is 933. The summed E-state index contributed by atoms with van der Waals surface area (Å²) >= 11 is 0. The van der Waals surface area contributed by atoms with Gasteiger partial charge in [-0.3, -0.25) is 9.48 Å². The molecule has 0 radical (unpaired) electrons. The van der Waals surface area contributed by atoms with Crippen molar-refractivity contribution >= 4 is 17.4 Å². The Hall–Kier alpha value is -2.90. The van der Waals surface area contributed by atoms with E-state index < -0.39 is 0 Å². The molecule has 0 bridgehead atoms. The van der Waals surface area contributed by atoms with E-state index in [-0.39, 0.29) is 5.91 Å². The van der Waals surface area contributed by atoms with Crippen LogP contribution in [-0.4, -0.2) is 61.9 Å². The highest BCUT2D eigenvalue weighted by Crippen LogP contribution is 2.23. The molecule has 142 valence electrons. The number of anilines is 1. The van der Waals surface area contributed by atoms with Crippen LogP contribution in [0.1, 0.15) is 29.0 Å². The summed E-state index contributed by atoms with van der Waals surface area (Å²) in [6.07, 6.45) is 5.80. The summed E-state index contributed by atoms with van der Waals surface area (Å²) in [5, 5.41) is 8.49. The summed E-state index contributed by atoms with van der Waals surface area (Å²) < 4.78 is 3.51. The molecule has 4 rings (SSSR count). The van der Waals surface area contributed by atoms with Crippen LogP contribution in [0.4, 0.5) is 5.82 Å². The molecule has 0 spiro atoms. The maximum Gasteiger partial charge on any atom is 0.274 e. The number of piperidine rings is 1. The van der Waals surface area contributed by atoms with E-state index in [2.05, 4.69) is 20.1 Å². The lowest BCUT2D eigenvalue weighted by Crippen LogP contribution is -2.39. The van der Waals surface area contributed by atoms with E-state index in [1.165, 1.54) is 0 Å².